The highest BCUT2D eigenvalue weighted by Crippen LogP contribution is 2.25. The summed E-state index contributed by atoms with van der Waals surface area (Å²) in [5, 5.41) is 8.69. The van der Waals surface area contributed by atoms with Crippen molar-refractivity contribution >= 4 is 22.1 Å². The molecule has 1 N–H and O–H groups in total. The lowest BCUT2D eigenvalue weighted by molar-refractivity contribution is 0.685. The number of nitriles is 1. The van der Waals surface area contributed by atoms with Crippen LogP contribution in [0.2, 0.25) is 0 Å². The first-order valence-electron chi connectivity index (χ1n) is 5.81. The molecule has 7 heteroatoms. The average Bonchev–Trinajstić information content (AvgIpc) is 2.91. The minimum absolute atomic E-state index is 0.0479. The third kappa shape index (κ3) is 2.17. The number of H-pyrrole nitrogens is 1. The third-order valence-corrected chi connectivity index (χ3v) is 3.95. The van der Waals surface area contributed by atoms with Gasteiger partial charge < -0.3 is 4.98 Å². The van der Waals surface area contributed by atoms with E-state index < -0.39 is 10.8 Å². The van der Waals surface area contributed by atoms with E-state index in [9.17, 15) is 4.21 Å². The second-order valence-electron chi connectivity index (χ2n) is 3.96. The van der Waals surface area contributed by atoms with Crippen LogP contribution in [0.1, 0.15) is 0 Å². The first-order chi connectivity index (χ1) is 9.79. The van der Waals surface area contributed by atoms with Crippen molar-refractivity contribution < 1.29 is 4.21 Å². The Morgan fingerprint density at radius 3 is 2.85 bits per heavy atom. The summed E-state index contributed by atoms with van der Waals surface area (Å²) in [6.07, 6.45) is 3.14. The quantitative estimate of drug-likeness (QED) is 0.788. The molecule has 0 aliphatic carbocycles. The van der Waals surface area contributed by atoms with Crippen LogP contribution in [0.3, 0.4) is 0 Å². The van der Waals surface area contributed by atoms with Crippen molar-refractivity contribution in [3.05, 3.63) is 36.7 Å². The highest BCUT2D eigenvalue weighted by atomic mass is 32.2. The number of aromatic amines is 1. The third-order valence-electron chi connectivity index (χ3n) is 2.72. The summed E-state index contributed by atoms with van der Waals surface area (Å²) in [5.74, 6) is 0.501. The summed E-state index contributed by atoms with van der Waals surface area (Å²) in [7, 11) is -1.38. The van der Waals surface area contributed by atoms with E-state index in [0.717, 1.165) is 0 Å². The van der Waals surface area contributed by atoms with Crippen LogP contribution < -0.4 is 0 Å². The number of fused-ring (bicyclic) bond motifs is 1. The van der Waals surface area contributed by atoms with Gasteiger partial charge in [-0.1, -0.05) is 18.2 Å². The lowest BCUT2D eigenvalue weighted by Gasteiger charge is -2.04. The van der Waals surface area contributed by atoms with E-state index in [0.29, 0.717) is 27.6 Å². The molecular weight excluding hydrogens is 274 g/mol. The number of benzene rings is 1. The van der Waals surface area contributed by atoms with Gasteiger partial charge in [0.15, 0.2) is 11.3 Å². The Morgan fingerprint density at radius 2 is 2.05 bits per heavy atom. The molecule has 0 radical (unpaired) electrons. The van der Waals surface area contributed by atoms with Crippen LogP contribution in [-0.4, -0.2) is 29.9 Å². The normalized spacial score (nSPS) is 12.2. The summed E-state index contributed by atoms with van der Waals surface area (Å²) in [6.45, 7) is 0. The van der Waals surface area contributed by atoms with Gasteiger partial charge in [-0.05, 0) is 6.07 Å². The topological polar surface area (TPSA) is 95.3 Å². The van der Waals surface area contributed by atoms with Crippen molar-refractivity contribution in [1.29, 1.82) is 5.26 Å². The number of hydrogen-bond acceptors (Lipinski definition) is 5. The Kier molecular flexibility index (Phi) is 3.23. The van der Waals surface area contributed by atoms with Gasteiger partial charge in [0.2, 0.25) is 0 Å². The number of aromatic nitrogens is 4. The fourth-order valence-corrected chi connectivity index (χ4v) is 2.78. The minimum Gasteiger partial charge on any atom is -0.321 e. The average molecular weight is 283 g/mol. The summed E-state index contributed by atoms with van der Waals surface area (Å²) in [6, 6.07) is 9.07. The highest BCUT2D eigenvalue weighted by molar-refractivity contribution is 7.85. The van der Waals surface area contributed by atoms with Gasteiger partial charge in [-0.15, -0.1) is 0 Å². The van der Waals surface area contributed by atoms with Gasteiger partial charge in [0.25, 0.3) is 0 Å². The second-order valence-corrected chi connectivity index (χ2v) is 5.38. The summed E-state index contributed by atoms with van der Waals surface area (Å²) < 4.78 is 12.1. The summed E-state index contributed by atoms with van der Waals surface area (Å²) >= 11 is 0. The van der Waals surface area contributed by atoms with Crippen LogP contribution in [-0.2, 0) is 10.8 Å². The van der Waals surface area contributed by atoms with Crippen LogP contribution in [0.15, 0.2) is 41.6 Å². The van der Waals surface area contributed by atoms with Gasteiger partial charge in [-0.2, -0.15) is 5.26 Å². The molecule has 0 aliphatic heterocycles. The molecule has 0 aliphatic rings. The van der Waals surface area contributed by atoms with Gasteiger partial charge in [0.1, 0.15) is 11.6 Å². The molecule has 1 atom stereocenters. The van der Waals surface area contributed by atoms with Crippen molar-refractivity contribution in [3.8, 4) is 17.5 Å². The number of imidazole rings is 1. The van der Waals surface area contributed by atoms with Crippen molar-refractivity contribution in [3.63, 3.8) is 0 Å². The zero-order valence-corrected chi connectivity index (χ0v) is 11.1. The van der Waals surface area contributed by atoms with Crippen molar-refractivity contribution in [2.75, 3.05) is 5.75 Å². The predicted molar refractivity (Wildman–Crippen MR) is 74.0 cm³/mol. The molecule has 0 saturated carbocycles. The van der Waals surface area contributed by atoms with E-state index in [2.05, 4.69) is 19.9 Å². The van der Waals surface area contributed by atoms with Gasteiger partial charge >= 0.3 is 0 Å². The fourth-order valence-electron chi connectivity index (χ4n) is 1.87. The van der Waals surface area contributed by atoms with Crippen molar-refractivity contribution in [2.45, 2.75) is 4.90 Å². The van der Waals surface area contributed by atoms with Crippen molar-refractivity contribution in [1.82, 2.24) is 19.9 Å². The Labute approximate surface area is 117 Å². The van der Waals surface area contributed by atoms with E-state index in [1.54, 1.807) is 24.5 Å². The standard InChI is InChI=1S/C13H9N5OS/c14-5-8-20(19)10-4-2-1-3-9(10)11-17-12-13(18-11)16-7-6-15-12/h1-4,6-7H,8H2,(H,15,16,17,18). The number of hydrogen-bond donors (Lipinski definition) is 1. The lowest BCUT2D eigenvalue weighted by Crippen LogP contribution is -1.98. The Morgan fingerprint density at radius 1 is 1.25 bits per heavy atom. The summed E-state index contributed by atoms with van der Waals surface area (Å²) in [4.78, 5) is 16.2. The number of rotatable bonds is 3. The van der Waals surface area contributed by atoms with E-state index in [4.69, 9.17) is 5.26 Å². The second kappa shape index (κ2) is 5.19. The van der Waals surface area contributed by atoms with Gasteiger partial charge in [0, 0.05) is 18.0 Å². The number of nitrogens with zero attached hydrogens (tertiary/aromatic N) is 4. The molecule has 3 rings (SSSR count). The van der Waals surface area contributed by atoms with Crippen LogP contribution >= 0.6 is 0 Å². The molecule has 98 valence electrons. The van der Waals surface area contributed by atoms with Gasteiger partial charge in [-0.25, -0.2) is 15.0 Å². The molecule has 0 bridgehead atoms. The summed E-state index contributed by atoms with van der Waals surface area (Å²) in [5.41, 5.74) is 1.77. The van der Waals surface area contributed by atoms with Crippen LogP contribution in [0.5, 0.6) is 0 Å². The van der Waals surface area contributed by atoms with E-state index >= 15 is 0 Å². The molecule has 1 unspecified atom stereocenters. The van der Waals surface area contributed by atoms with Gasteiger partial charge in [-0.3, -0.25) is 4.21 Å². The molecular formula is C13H9N5OS. The predicted octanol–water partition coefficient (Wildman–Crippen LogP) is 1.65. The van der Waals surface area contributed by atoms with Crippen LogP contribution in [0.4, 0.5) is 0 Å². The van der Waals surface area contributed by atoms with Gasteiger partial charge in [0.05, 0.1) is 21.8 Å². The maximum absolute atomic E-state index is 12.1. The number of nitrogens with one attached hydrogen (secondary N) is 1. The fraction of sp³-hybridized carbons (Fsp3) is 0.0769. The lowest BCUT2D eigenvalue weighted by atomic mass is 10.2. The Hall–Kier alpha value is -2.59. The van der Waals surface area contributed by atoms with Crippen LogP contribution in [0, 0.1) is 11.3 Å². The molecule has 6 nitrogen and oxygen atoms in total. The Balaban J connectivity index is 2.14. The zero-order chi connectivity index (χ0) is 13.9. The van der Waals surface area contributed by atoms with E-state index in [1.165, 1.54) is 0 Å². The molecule has 2 heterocycles. The SMILES string of the molecule is N#CCS(=O)c1ccccc1-c1nc2nccnc2[nH]1. The minimum atomic E-state index is -1.38. The monoisotopic (exact) mass is 283 g/mol. The molecule has 0 amide bonds. The molecule has 3 aromatic rings. The first kappa shape index (κ1) is 12.4. The molecule has 0 fully saturated rings. The van der Waals surface area contributed by atoms with Crippen molar-refractivity contribution in [2.24, 2.45) is 0 Å². The molecule has 0 spiro atoms. The maximum Gasteiger partial charge on any atom is 0.197 e. The van der Waals surface area contributed by atoms with Crippen LogP contribution in [0.25, 0.3) is 22.7 Å². The molecule has 0 saturated heterocycles. The van der Waals surface area contributed by atoms with E-state index in [-0.39, 0.29) is 5.75 Å². The molecule has 20 heavy (non-hydrogen) atoms. The molecule has 2 aromatic heterocycles. The molecule has 1 aromatic carbocycles. The first-order valence-corrected chi connectivity index (χ1v) is 7.13. The largest absolute Gasteiger partial charge is 0.321 e. The van der Waals surface area contributed by atoms with E-state index in [1.807, 2.05) is 18.2 Å². The zero-order valence-electron chi connectivity index (χ0n) is 10.3. The maximum atomic E-state index is 12.1. The Bertz CT molecular complexity index is 803. The smallest absolute Gasteiger partial charge is 0.197 e. The highest BCUT2D eigenvalue weighted by Gasteiger charge is 2.14.